The van der Waals surface area contributed by atoms with Crippen molar-refractivity contribution in [1.82, 2.24) is 0 Å². The van der Waals surface area contributed by atoms with Crippen molar-refractivity contribution < 1.29 is 36.0 Å². The molecular formula is C19H20F3N3O6S. The predicted molar refractivity (Wildman–Crippen MR) is 111 cm³/mol. The highest BCUT2D eigenvalue weighted by molar-refractivity contribution is 7.92. The van der Waals surface area contributed by atoms with E-state index in [1.165, 1.54) is 24.3 Å². The Labute approximate surface area is 182 Å². The molecule has 0 bridgehead atoms. The van der Waals surface area contributed by atoms with Gasteiger partial charge in [0.05, 0.1) is 16.9 Å². The van der Waals surface area contributed by atoms with Crippen molar-refractivity contribution >= 4 is 33.0 Å². The maximum absolute atomic E-state index is 12.2. The lowest BCUT2D eigenvalue weighted by atomic mass is 10.1. The second-order valence-corrected chi connectivity index (χ2v) is 8.69. The number of aryl methyl sites for hydroxylation is 1. The van der Waals surface area contributed by atoms with E-state index in [0.717, 1.165) is 28.8 Å². The summed E-state index contributed by atoms with van der Waals surface area (Å²) in [7, 11) is -3.79. The first kappa shape index (κ1) is 24.9. The lowest BCUT2D eigenvalue weighted by molar-refractivity contribution is -0.384. The Balaban J connectivity index is 2.01. The van der Waals surface area contributed by atoms with Crippen molar-refractivity contribution in [2.45, 2.75) is 26.1 Å². The number of halogens is 3. The van der Waals surface area contributed by atoms with Crippen LogP contribution in [-0.4, -0.2) is 38.4 Å². The molecule has 0 aliphatic heterocycles. The van der Waals surface area contributed by atoms with Gasteiger partial charge in [-0.3, -0.25) is 19.2 Å². The molecule has 0 aliphatic carbocycles. The highest BCUT2D eigenvalue weighted by Gasteiger charge is 2.31. The lowest BCUT2D eigenvalue weighted by Gasteiger charge is -2.24. The van der Waals surface area contributed by atoms with Gasteiger partial charge in [0.1, 0.15) is 5.75 Å². The number of carbonyl (C=O) groups excluding carboxylic acids is 1. The molecule has 0 aliphatic rings. The van der Waals surface area contributed by atoms with Gasteiger partial charge in [-0.1, -0.05) is 6.07 Å². The molecule has 13 heteroatoms. The Hall–Kier alpha value is -3.35. The van der Waals surface area contributed by atoms with E-state index in [0.29, 0.717) is 5.56 Å². The minimum atomic E-state index is -4.83. The van der Waals surface area contributed by atoms with E-state index in [-0.39, 0.29) is 36.4 Å². The lowest BCUT2D eigenvalue weighted by Crippen LogP contribution is -2.32. The molecule has 0 spiro atoms. The molecule has 0 fully saturated rings. The molecule has 0 unspecified atom stereocenters. The van der Waals surface area contributed by atoms with Crippen molar-refractivity contribution in [3.05, 3.63) is 58.1 Å². The first-order valence-electron chi connectivity index (χ1n) is 9.15. The Morgan fingerprint density at radius 3 is 2.34 bits per heavy atom. The van der Waals surface area contributed by atoms with Gasteiger partial charge in [0.15, 0.2) is 0 Å². The first-order valence-corrected chi connectivity index (χ1v) is 11.0. The molecule has 2 aromatic rings. The van der Waals surface area contributed by atoms with Crippen LogP contribution in [0.3, 0.4) is 0 Å². The number of nitrogens with one attached hydrogen (secondary N) is 1. The van der Waals surface area contributed by atoms with Crippen molar-refractivity contribution in [2.24, 2.45) is 0 Å². The first-order chi connectivity index (χ1) is 14.8. The summed E-state index contributed by atoms with van der Waals surface area (Å²) in [4.78, 5) is 22.5. The Kier molecular flexibility index (Phi) is 7.67. The number of nitro benzene ring substituents is 1. The van der Waals surface area contributed by atoms with Gasteiger partial charge in [0, 0.05) is 30.8 Å². The van der Waals surface area contributed by atoms with Gasteiger partial charge in [-0.15, -0.1) is 13.2 Å². The van der Waals surface area contributed by atoms with E-state index in [9.17, 15) is 36.5 Å². The highest BCUT2D eigenvalue weighted by atomic mass is 32.2. The molecular weight excluding hydrogens is 455 g/mol. The van der Waals surface area contributed by atoms with Crippen LogP contribution < -0.4 is 14.4 Å². The molecule has 0 aromatic heterocycles. The second-order valence-electron chi connectivity index (χ2n) is 6.79. The summed E-state index contributed by atoms with van der Waals surface area (Å²) >= 11 is 0. The summed E-state index contributed by atoms with van der Waals surface area (Å²) in [6, 6.07) is 8.39. The van der Waals surface area contributed by atoms with E-state index in [1.807, 2.05) is 0 Å². The van der Waals surface area contributed by atoms with Gasteiger partial charge in [0.2, 0.25) is 15.9 Å². The second kappa shape index (κ2) is 9.85. The molecule has 0 heterocycles. The highest BCUT2D eigenvalue weighted by Crippen LogP contribution is 2.28. The summed E-state index contributed by atoms with van der Waals surface area (Å²) in [6.07, 6.45) is -3.87. The van der Waals surface area contributed by atoms with E-state index >= 15 is 0 Å². The van der Waals surface area contributed by atoms with Crippen LogP contribution in [0.25, 0.3) is 0 Å². The summed E-state index contributed by atoms with van der Waals surface area (Å²) in [6.45, 7) is 1.50. The number of anilines is 2. The molecule has 0 radical (unpaired) electrons. The number of alkyl halides is 3. The molecule has 1 amide bonds. The van der Waals surface area contributed by atoms with Gasteiger partial charge in [-0.25, -0.2) is 8.42 Å². The molecule has 1 N–H and O–H groups in total. The summed E-state index contributed by atoms with van der Waals surface area (Å²) < 4.78 is 65.7. The van der Waals surface area contributed by atoms with E-state index in [1.54, 1.807) is 6.92 Å². The zero-order valence-corrected chi connectivity index (χ0v) is 17.9. The number of nitrogens with zero attached hydrogens (tertiary/aromatic N) is 2. The molecule has 0 atom stereocenters. The number of benzene rings is 2. The average Bonchev–Trinajstić information content (AvgIpc) is 2.65. The van der Waals surface area contributed by atoms with Gasteiger partial charge >= 0.3 is 6.36 Å². The average molecular weight is 475 g/mol. The maximum atomic E-state index is 12.2. The van der Waals surface area contributed by atoms with Crippen molar-refractivity contribution in [3.63, 3.8) is 0 Å². The van der Waals surface area contributed by atoms with Crippen LogP contribution in [0.4, 0.5) is 30.2 Å². The van der Waals surface area contributed by atoms with E-state index in [2.05, 4.69) is 10.1 Å². The molecule has 2 rings (SSSR count). The van der Waals surface area contributed by atoms with Crippen LogP contribution in [0.5, 0.6) is 5.75 Å². The molecule has 32 heavy (non-hydrogen) atoms. The zero-order valence-electron chi connectivity index (χ0n) is 17.0. The van der Waals surface area contributed by atoms with Crippen molar-refractivity contribution in [2.75, 3.05) is 22.4 Å². The fraction of sp³-hybridized carbons (Fsp3) is 0.316. The fourth-order valence-electron chi connectivity index (χ4n) is 2.79. The molecule has 9 nitrogen and oxygen atoms in total. The number of non-ortho nitro benzene ring substituents is 1. The third-order valence-electron chi connectivity index (χ3n) is 4.21. The fourth-order valence-corrected chi connectivity index (χ4v) is 3.81. The summed E-state index contributed by atoms with van der Waals surface area (Å²) in [5, 5.41) is 13.5. The molecule has 0 saturated heterocycles. The van der Waals surface area contributed by atoms with Gasteiger partial charge in [0.25, 0.3) is 5.69 Å². The molecule has 2 aromatic carbocycles. The van der Waals surface area contributed by atoms with Crippen LogP contribution in [0, 0.1) is 17.0 Å². The number of carbonyl (C=O) groups is 1. The normalized spacial score (nSPS) is 11.7. The smallest absolute Gasteiger partial charge is 0.406 e. The van der Waals surface area contributed by atoms with Crippen LogP contribution in [0.1, 0.15) is 18.4 Å². The minimum Gasteiger partial charge on any atom is -0.406 e. The van der Waals surface area contributed by atoms with Gasteiger partial charge in [-0.2, -0.15) is 0 Å². The quantitative estimate of drug-likeness (QED) is 0.433. The molecule has 0 saturated carbocycles. The summed E-state index contributed by atoms with van der Waals surface area (Å²) in [5.74, 6) is -0.926. The number of hydrogen-bond donors (Lipinski definition) is 1. The van der Waals surface area contributed by atoms with Crippen LogP contribution in [0.2, 0.25) is 0 Å². The zero-order chi connectivity index (χ0) is 24.1. The number of hydrogen-bond acceptors (Lipinski definition) is 6. The van der Waals surface area contributed by atoms with Gasteiger partial charge < -0.3 is 10.1 Å². The van der Waals surface area contributed by atoms with Crippen molar-refractivity contribution in [1.29, 1.82) is 0 Å². The third-order valence-corrected chi connectivity index (χ3v) is 5.39. The van der Waals surface area contributed by atoms with E-state index in [4.69, 9.17) is 0 Å². The number of ether oxygens (including phenoxy) is 1. The number of nitro groups is 1. The van der Waals surface area contributed by atoms with Gasteiger partial charge in [-0.05, 0) is 43.2 Å². The Morgan fingerprint density at radius 2 is 1.81 bits per heavy atom. The standard InChI is InChI=1S/C19H20F3N3O6S/c1-13-5-8-15(25(27)28)12-17(13)24(32(2,29)30)11-3-4-18(26)23-14-6-9-16(10-7-14)31-19(20,21)22/h5-10,12H,3-4,11H2,1-2H3,(H,23,26). The van der Waals surface area contributed by atoms with Crippen molar-refractivity contribution in [3.8, 4) is 5.75 Å². The molecule has 174 valence electrons. The third kappa shape index (κ3) is 7.41. The Bertz CT molecular complexity index is 1090. The maximum Gasteiger partial charge on any atom is 0.573 e. The van der Waals surface area contributed by atoms with E-state index < -0.39 is 33.0 Å². The number of amides is 1. The summed E-state index contributed by atoms with van der Waals surface area (Å²) in [5.41, 5.74) is 0.614. The number of sulfonamides is 1. The number of rotatable bonds is 9. The monoisotopic (exact) mass is 475 g/mol. The van der Waals surface area contributed by atoms with Crippen LogP contribution >= 0.6 is 0 Å². The van der Waals surface area contributed by atoms with Crippen LogP contribution in [-0.2, 0) is 14.8 Å². The largest absolute Gasteiger partial charge is 0.573 e. The predicted octanol–water partition coefficient (Wildman–Crippen LogP) is 3.99. The SMILES string of the molecule is Cc1ccc([N+](=O)[O-])cc1N(CCCC(=O)Nc1ccc(OC(F)(F)F)cc1)S(C)(=O)=O. The van der Waals surface area contributed by atoms with Crippen LogP contribution in [0.15, 0.2) is 42.5 Å². The minimum absolute atomic E-state index is 0.0936. The topological polar surface area (TPSA) is 119 Å². The Morgan fingerprint density at radius 1 is 1.19 bits per heavy atom.